The van der Waals surface area contributed by atoms with Crippen molar-refractivity contribution in [3.8, 4) is 5.75 Å². The Kier molecular flexibility index (Phi) is 7.01. The van der Waals surface area contributed by atoms with E-state index in [0.717, 1.165) is 24.1 Å². The molecule has 0 saturated carbocycles. The second kappa shape index (κ2) is 9.47. The molecular formula is C20H23NO4. The fraction of sp³-hybridized carbons (Fsp3) is 0.300. The van der Waals surface area contributed by atoms with Crippen LogP contribution in [0.2, 0.25) is 0 Å². The van der Waals surface area contributed by atoms with Crippen LogP contribution in [-0.2, 0) is 9.53 Å². The van der Waals surface area contributed by atoms with Gasteiger partial charge in [0.2, 0.25) is 0 Å². The average molecular weight is 341 g/mol. The Bertz CT molecular complexity index is 710. The van der Waals surface area contributed by atoms with Crippen LogP contribution in [0.5, 0.6) is 5.75 Å². The van der Waals surface area contributed by atoms with Crippen LogP contribution in [0.3, 0.4) is 0 Å². The third-order valence-corrected chi connectivity index (χ3v) is 3.49. The fourth-order valence-corrected chi connectivity index (χ4v) is 2.15. The molecule has 0 spiro atoms. The molecule has 0 aromatic heterocycles. The van der Waals surface area contributed by atoms with Gasteiger partial charge in [0.15, 0.2) is 6.61 Å². The monoisotopic (exact) mass is 341 g/mol. The molecular weight excluding hydrogens is 318 g/mol. The van der Waals surface area contributed by atoms with Gasteiger partial charge in [0.25, 0.3) is 5.91 Å². The number of hydrogen-bond acceptors (Lipinski definition) is 4. The number of carbonyl (C=O) groups is 2. The first-order chi connectivity index (χ1) is 12.1. The minimum atomic E-state index is -0.350. The van der Waals surface area contributed by atoms with Crippen molar-refractivity contribution in [2.75, 3.05) is 18.5 Å². The number of esters is 1. The van der Waals surface area contributed by atoms with Gasteiger partial charge < -0.3 is 14.8 Å². The standard InChI is InChI=1S/C20H23NO4/c1-3-4-12-24-20(23)16-8-10-18(11-9-16)25-14-19(22)21-17-7-5-6-15(2)13-17/h5-11,13H,3-4,12,14H2,1-2H3,(H,21,22). The summed E-state index contributed by atoms with van der Waals surface area (Å²) in [5.74, 6) is -0.0738. The first-order valence-corrected chi connectivity index (χ1v) is 8.35. The number of amides is 1. The molecule has 5 heteroatoms. The molecule has 5 nitrogen and oxygen atoms in total. The van der Waals surface area contributed by atoms with Crippen molar-refractivity contribution >= 4 is 17.6 Å². The van der Waals surface area contributed by atoms with E-state index < -0.39 is 0 Å². The van der Waals surface area contributed by atoms with Crippen molar-refractivity contribution in [2.24, 2.45) is 0 Å². The number of ether oxygens (including phenoxy) is 2. The molecule has 1 amide bonds. The van der Waals surface area contributed by atoms with E-state index in [1.165, 1.54) is 0 Å². The molecule has 0 heterocycles. The molecule has 2 aromatic rings. The van der Waals surface area contributed by atoms with Gasteiger partial charge in [-0.2, -0.15) is 0 Å². The van der Waals surface area contributed by atoms with Crippen LogP contribution in [-0.4, -0.2) is 25.1 Å². The van der Waals surface area contributed by atoms with Gasteiger partial charge >= 0.3 is 5.97 Å². The van der Waals surface area contributed by atoms with Gasteiger partial charge in [-0.05, 0) is 55.3 Å². The molecule has 0 aliphatic heterocycles. The molecule has 0 aliphatic rings. The SMILES string of the molecule is CCCCOC(=O)c1ccc(OCC(=O)Nc2cccc(C)c2)cc1. The van der Waals surface area contributed by atoms with Crippen LogP contribution in [0, 0.1) is 6.92 Å². The zero-order valence-electron chi connectivity index (χ0n) is 14.6. The average Bonchev–Trinajstić information content (AvgIpc) is 2.60. The summed E-state index contributed by atoms with van der Waals surface area (Å²) in [7, 11) is 0. The molecule has 0 fully saturated rings. The fourth-order valence-electron chi connectivity index (χ4n) is 2.15. The number of carbonyl (C=O) groups excluding carboxylic acids is 2. The quantitative estimate of drug-likeness (QED) is 0.583. The summed E-state index contributed by atoms with van der Waals surface area (Å²) >= 11 is 0. The molecule has 0 bridgehead atoms. The van der Waals surface area contributed by atoms with Gasteiger partial charge in [0, 0.05) is 5.69 Å². The predicted octanol–water partition coefficient (Wildman–Crippen LogP) is 3.97. The molecule has 0 unspecified atom stereocenters. The Balaban J connectivity index is 1.80. The van der Waals surface area contributed by atoms with Crippen molar-refractivity contribution in [3.05, 3.63) is 59.7 Å². The van der Waals surface area contributed by atoms with E-state index in [1.807, 2.05) is 38.1 Å². The van der Waals surface area contributed by atoms with Gasteiger partial charge in [-0.25, -0.2) is 4.79 Å². The lowest BCUT2D eigenvalue weighted by Crippen LogP contribution is -2.20. The summed E-state index contributed by atoms with van der Waals surface area (Å²) in [5, 5.41) is 2.77. The largest absolute Gasteiger partial charge is 0.484 e. The first-order valence-electron chi connectivity index (χ1n) is 8.35. The molecule has 132 valence electrons. The smallest absolute Gasteiger partial charge is 0.338 e. The summed E-state index contributed by atoms with van der Waals surface area (Å²) < 4.78 is 10.6. The second-order valence-corrected chi connectivity index (χ2v) is 5.72. The van der Waals surface area contributed by atoms with Gasteiger partial charge in [0.05, 0.1) is 12.2 Å². The van der Waals surface area contributed by atoms with Crippen LogP contribution in [0.25, 0.3) is 0 Å². The summed E-state index contributed by atoms with van der Waals surface area (Å²) in [6.45, 7) is 4.32. The lowest BCUT2D eigenvalue weighted by atomic mass is 10.2. The Labute approximate surface area is 148 Å². The van der Waals surface area contributed by atoms with Crippen LogP contribution >= 0.6 is 0 Å². The van der Waals surface area contributed by atoms with Crippen molar-refractivity contribution < 1.29 is 19.1 Å². The van der Waals surface area contributed by atoms with Crippen molar-refractivity contribution in [1.29, 1.82) is 0 Å². The number of unbranched alkanes of at least 4 members (excludes halogenated alkanes) is 1. The van der Waals surface area contributed by atoms with Crippen molar-refractivity contribution in [3.63, 3.8) is 0 Å². The second-order valence-electron chi connectivity index (χ2n) is 5.72. The lowest BCUT2D eigenvalue weighted by molar-refractivity contribution is -0.118. The minimum Gasteiger partial charge on any atom is -0.484 e. The summed E-state index contributed by atoms with van der Waals surface area (Å²) in [4.78, 5) is 23.7. The van der Waals surface area contributed by atoms with E-state index in [9.17, 15) is 9.59 Å². The number of aryl methyl sites for hydroxylation is 1. The first kappa shape index (κ1) is 18.5. The zero-order chi connectivity index (χ0) is 18.1. The molecule has 2 aromatic carbocycles. The number of anilines is 1. The Morgan fingerprint density at radius 1 is 1.08 bits per heavy atom. The highest BCUT2D eigenvalue weighted by molar-refractivity contribution is 5.92. The number of nitrogens with one attached hydrogen (secondary N) is 1. The van der Waals surface area contributed by atoms with Gasteiger partial charge in [-0.3, -0.25) is 4.79 Å². The Morgan fingerprint density at radius 3 is 2.52 bits per heavy atom. The maximum atomic E-state index is 11.9. The molecule has 25 heavy (non-hydrogen) atoms. The Morgan fingerprint density at radius 2 is 1.84 bits per heavy atom. The highest BCUT2D eigenvalue weighted by Crippen LogP contribution is 2.14. The molecule has 0 radical (unpaired) electrons. The van der Waals surface area contributed by atoms with Gasteiger partial charge in [-0.1, -0.05) is 25.5 Å². The summed E-state index contributed by atoms with van der Waals surface area (Å²) in [5.41, 5.74) is 2.27. The Hall–Kier alpha value is -2.82. The molecule has 0 aliphatic carbocycles. The predicted molar refractivity (Wildman–Crippen MR) is 96.9 cm³/mol. The lowest BCUT2D eigenvalue weighted by Gasteiger charge is -2.09. The number of rotatable bonds is 8. The van der Waals surface area contributed by atoms with E-state index in [2.05, 4.69) is 5.32 Å². The van der Waals surface area contributed by atoms with E-state index in [4.69, 9.17) is 9.47 Å². The van der Waals surface area contributed by atoms with Gasteiger partial charge in [0.1, 0.15) is 5.75 Å². The van der Waals surface area contributed by atoms with Crippen molar-refractivity contribution in [1.82, 2.24) is 0 Å². The zero-order valence-corrected chi connectivity index (χ0v) is 14.6. The summed E-state index contributed by atoms with van der Waals surface area (Å²) in [6.07, 6.45) is 1.83. The van der Waals surface area contributed by atoms with Crippen LogP contribution in [0.1, 0.15) is 35.7 Å². The maximum Gasteiger partial charge on any atom is 0.338 e. The molecule has 0 atom stereocenters. The highest BCUT2D eigenvalue weighted by Gasteiger charge is 2.08. The van der Waals surface area contributed by atoms with Crippen LogP contribution in [0.4, 0.5) is 5.69 Å². The van der Waals surface area contributed by atoms with Gasteiger partial charge in [-0.15, -0.1) is 0 Å². The molecule has 0 saturated heterocycles. The van der Waals surface area contributed by atoms with E-state index in [-0.39, 0.29) is 18.5 Å². The number of benzene rings is 2. The van der Waals surface area contributed by atoms with Crippen LogP contribution < -0.4 is 10.1 Å². The maximum absolute atomic E-state index is 11.9. The van der Waals surface area contributed by atoms with Crippen LogP contribution in [0.15, 0.2) is 48.5 Å². The molecule has 1 N–H and O–H groups in total. The van der Waals surface area contributed by atoms with E-state index in [1.54, 1.807) is 24.3 Å². The van der Waals surface area contributed by atoms with Crippen molar-refractivity contribution in [2.45, 2.75) is 26.7 Å². The summed E-state index contributed by atoms with van der Waals surface area (Å²) in [6, 6.07) is 14.1. The normalized spacial score (nSPS) is 10.2. The topological polar surface area (TPSA) is 64.6 Å². The molecule has 2 rings (SSSR count). The highest BCUT2D eigenvalue weighted by atomic mass is 16.5. The third kappa shape index (κ3) is 6.30. The number of hydrogen-bond donors (Lipinski definition) is 1. The third-order valence-electron chi connectivity index (χ3n) is 3.49. The van der Waals surface area contributed by atoms with E-state index in [0.29, 0.717) is 17.9 Å². The van der Waals surface area contributed by atoms with E-state index >= 15 is 0 Å². The minimum absolute atomic E-state index is 0.103.